The lowest BCUT2D eigenvalue weighted by Gasteiger charge is -2.48. The summed E-state index contributed by atoms with van der Waals surface area (Å²) in [5.41, 5.74) is 1.26. The second kappa shape index (κ2) is 14.5. The van der Waals surface area contributed by atoms with E-state index in [1.807, 2.05) is 6.92 Å². The average Bonchev–Trinajstić information content (AvgIpc) is 3.65. The molecule has 2 aromatic carbocycles. The van der Waals surface area contributed by atoms with E-state index >= 15 is 0 Å². The van der Waals surface area contributed by atoms with Gasteiger partial charge in [-0.3, -0.25) is 25.0 Å². The second-order valence-corrected chi connectivity index (χ2v) is 20.5. The van der Waals surface area contributed by atoms with Crippen molar-refractivity contribution < 1.29 is 38.1 Å². The molecule has 3 aliphatic heterocycles. The van der Waals surface area contributed by atoms with Gasteiger partial charge >= 0.3 is 12.1 Å². The van der Waals surface area contributed by atoms with E-state index in [9.17, 15) is 34.6 Å². The molecule has 0 aliphatic carbocycles. The number of ether oxygens (including phenoxy) is 2. The van der Waals surface area contributed by atoms with Crippen LogP contribution in [0.15, 0.2) is 59.1 Å². The smallest absolute Gasteiger partial charge is 0.410 e. The molecule has 16 heteroatoms. The monoisotopic (exact) mass is 726 g/mol. The first-order chi connectivity index (χ1) is 23.5. The number of non-ortho nitro benzene ring substituents is 2. The first-order valence-corrected chi connectivity index (χ1v) is 20.2. The van der Waals surface area contributed by atoms with E-state index in [0.29, 0.717) is 42.0 Å². The zero-order valence-corrected chi connectivity index (χ0v) is 30.8. The number of hydrogen-bond acceptors (Lipinski definition) is 11. The van der Waals surface area contributed by atoms with Crippen molar-refractivity contribution in [1.29, 1.82) is 0 Å². The van der Waals surface area contributed by atoms with Crippen LogP contribution in [0.25, 0.3) is 0 Å². The molecule has 0 bridgehead atoms. The summed E-state index contributed by atoms with van der Waals surface area (Å²) in [7, 11) is -2.19. The first kappa shape index (κ1) is 37.0. The minimum atomic E-state index is -2.19. The number of likely N-dealkylation sites (tertiary alicyclic amines) is 1. The molecule has 2 saturated heterocycles. The van der Waals surface area contributed by atoms with Crippen molar-refractivity contribution in [2.45, 2.75) is 89.3 Å². The van der Waals surface area contributed by atoms with Gasteiger partial charge in [-0.1, -0.05) is 20.8 Å². The molecule has 268 valence electrons. The van der Waals surface area contributed by atoms with Crippen LogP contribution < -0.4 is 0 Å². The minimum absolute atomic E-state index is 0.0314. The molecule has 0 spiro atoms. The van der Waals surface area contributed by atoms with Gasteiger partial charge in [-0.15, -0.1) is 11.8 Å². The standard InChI is InChI=1S/C34H42N4O10SSi/c1-21(48-50(5,6)34(2,3)4)29-27-17-28(30(36(27)31(29)39)32(40)46-19-22-7-11-24(12-8-22)37(42)43)49-26-15-16-35(18-26)33(41)47-20-23-9-13-25(14-10-23)38(44)45/h7-14,21,26-27,29H,15-20H2,1-6H3/t21-,26+,27-,29-/m1/s1. The number of carbonyl (C=O) groups excluding carboxylic acids is 3. The summed E-state index contributed by atoms with van der Waals surface area (Å²) >= 11 is 1.46. The topological polar surface area (TPSA) is 172 Å². The summed E-state index contributed by atoms with van der Waals surface area (Å²) in [6.45, 7) is 13.3. The number of amides is 2. The van der Waals surface area contributed by atoms with E-state index in [2.05, 4.69) is 33.9 Å². The Hall–Kier alpha value is -4.28. The molecule has 0 unspecified atom stereocenters. The van der Waals surface area contributed by atoms with Gasteiger partial charge in [0.1, 0.15) is 18.9 Å². The Balaban J connectivity index is 1.27. The van der Waals surface area contributed by atoms with Gasteiger partial charge in [0.2, 0.25) is 5.91 Å². The summed E-state index contributed by atoms with van der Waals surface area (Å²) in [5, 5.41) is 21.8. The molecule has 14 nitrogen and oxygen atoms in total. The molecule has 3 aliphatic rings. The lowest BCUT2D eigenvalue weighted by Crippen LogP contribution is -2.63. The van der Waals surface area contributed by atoms with Crippen LogP contribution in [0.2, 0.25) is 18.1 Å². The van der Waals surface area contributed by atoms with Crippen molar-refractivity contribution in [3.63, 3.8) is 0 Å². The van der Waals surface area contributed by atoms with Crippen LogP contribution in [-0.4, -0.2) is 76.4 Å². The zero-order valence-electron chi connectivity index (χ0n) is 29.0. The van der Waals surface area contributed by atoms with Crippen molar-refractivity contribution in [2.24, 2.45) is 5.92 Å². The zero-order chi connectivity index (χ0) is 36.5. The molecule has 4 atom stereocenters. The number of β-lactam (4-membered cyclic amide) rings is 1. The van der Waals surface area contributed by atoms with Gasteiger partial charge in [-0.25, -0.2) is 9.59 Å². The Kier molecular flexibility index (Phi) is 10.7. The van der Waals surface area contributed by atoms with E-state index < -0.39 is 36.1 Å². The van der Waals surface area contributed by atoms with Crippen LogP contribution in [0.1, 0.15) is 51.7 Å². The maximum Gasteiger partial charge on any atom is 0.410 e. The fourth-order valence-electron chi connectivity index (χ4n) is 6.10. The van der Waals surface area contributed by atoms with Gasteiger partial charge in [0.15, 0.2) is 8.32 Å². The predicted octanol–water partition coefficient (Wildman–Crippen LogP) is 6.54. The maximum absolute atomic E-state index is 13.7. The number of nitro groups is 2. The highest BCUT2D eigenvalue weighted by Gasteiger charge is 2.58. The summed E-state index contributed by atoms with van der Waals surface area (Å²) < 4.78 is 17.7. The fraction of sp³-hybridized carbons (Fsp3) is 0.500. The van der Waals surface area contributed by atoms with Crippen LogP contribution in [-0.2, 0) is 36.7 Å². The van der Waals surface area contributed by atoms with E-state index in [0.717, 1.165) is 0 Å². The van der Waals surface area contributed by atoms with Crippen molar-refractivity contribution in [3.05, 3.63) is 90.5 Å². The molecular formula is C34H42N4O10SSi. The number of benzene rings is 2. The largest absolute Gasteiger partial charge is 0.456 e. The quantitative estimate of drug-likeness (QED) is 0.0764. The number of carbonyl (C=O) groups is 3. The number of thioether (sulfide) groups is 1. The third kappa shape index (κ3) is 7.86. The number of nitro benzene ring substituents is 2. The van der Waals surface area contributed by atoms with Crippen LogP contribution in [0, 0.1) is 26.1 Å². The molecule has 5 rings (SSSR count). The van der Waals surface area contributed by atoms with Crippen molar-refractivity contribution in [2.75, 3.05) is 13.1 Å². The van der Waals surface area contributed by atoms with Gasteiger partial charge in [0, 0.05) is 53.9 Å². The minimum Gasteiger partial charge on any atom is -0.456 e. The average molecular weight is 727 g/mol. The van der Waals surface area contributed by atoms with Gasteiger partial charge < -0.3 is 23.7 Å². The third-order valence-electron chi connectivity index (χ3n) is 9.89. The Morgan fingerprint density at radius 1 is 0.960 bits per heavy atom. The van der Waals surface area contributed by atoms with Crippen LogP contribution in [0.4, 0.5) is 16.2 Å². The third-order valence-corrected chi connectivity index (χ3v) is 15.8. The molecule has 2 fully saturated rings. The molecule has 50 heavy (non-hydrogen) atoms. The number of rotatable bonds is 12. The molecule has 0 radical (unpaired) electrons. The van der Waals surface area contributed by atoms with Gasteiger partial charge in [-0.05, 0) is 66.9 Å². The molecule has 2 amide bonds. The highest BCUT2D eigenvalue weighted by Crippen LogP contribution is 2.50. The van der Waals surface area contributed by atoms with Crippen molar-refractivity contribution in [1.82, 2.24) is 9.80 Å². The fourth-order valence-corrected chi connectivity index (χ4v) is 8.97. The van der Waals surface area contributed by atoms with Crippen LogP contribution >= 0.6 is 11.8 Å². The van der Waals surface area contributed by atoms with E-state index in [1.54, 1.807) is 17.0 Å². The molecular weight excluding hydrogens is 685 g/mol. The van der Waals surface area contributed by atoms with Crippen LogP contribution in [0.3, 0.4) is 0 Å². The lowest BCUT2D eigenvalue weighted by atomic mass is 9.83. The van der Waals surface area contributed by atoms with E-state index in [4.69, 9.17) is 13.9 Å². The molecule has 3 heterocycles. The molecule has 0 N–H and O–H groups in total. The SMILES string of the molecule is C[C@@H](O[Si](C)(C)C(C)(C)C)[C@H]1C(=O)N2C(C(=O)OCc3ccc([N+](=O)[O-])cc3)=C(S[C@H]3CCN(C(=O)OCc4ccc([N+](=O)[O-])cc4)C3)C[C@H]12. The van der Waals surface area contributed by atoms with Gasteiger partial charge in [0.25, 0.3) is 11.4 Å². The van der Waals surface area contributed by atoms with Crippen LogP contribution in [0.5, 0.6) is 0 Å². The number of nitrogens with zero attached hydrogens (tertiary/aromatic N) is 4. The number of esters is 1. The van der Waals surface area contributed by atoms with Crippen molar-refractivity contribution >= 4 is 49.4 Å². The number of hydrogen-bond donors (Lipinski definition) is 0. The predicted molar refractivity (Wildman–Crippen MR) is 187 cm³/mol. The van der Waals surface area contributed by atoms with Crippen molar-refractivity contribution in [3.8, 4) is 0 Å². The Morgan fingerprint density at radius 3 is 2.02 bits per heavy atom. The summed E-state index contributed by atoms with van der Waals surface area (Å²) in [4.78, 5) is 65.0. The van der Waals surface area contributed by atoms with E-state index in [-0.39, 0.29) is 58.6 Å². The summed E-state index contributed by atoms with van der Waals surface area (Å²) in [5.74, 6) is -1.27. The molecule has 0 saturated carbocycles. The Bertz CT molecular complexity index is 1690. The molecule has 0 aromatic heterocycles. The summed E-state index contributed by atoms with van der Waals surface area (Å²) in [6, 6.07) is 11.2. The highest BCUT2D eigenvalue weighted by molar-refractivity contribution is 8.03. The highest BCUT2D eigenvalue weighted by atomic mass is 32.2. The van der Waals surface area contributed by atoms with Gasteiger partial charge in [-0.2, -0.15) is 0 Å². The number of fused-ring (bicyclic) bond motifs is 1. The van der Waals surface area contributed by atoms with Gasteiger partial charge in [0.05, 0.1) is 27.9 Å². The summed E-state index contributed by atoms with van der Waals surface area (Å²) in [6.07, 6.45) is 0.234. The second-order valence-electron chi connectivity index (χ2n) is 14.3. The lowest BCUT2D eigenvalue weighted by molar-refractivity contribution is -0.385. The van der Waals surface area contributed by atoms with E-state index in [1.165, 1.54) is 53.1 Å². The molecule has 2 aromatic rings. The maximum atomic E-state index is 13.7. The Labute approximate surface area is 295 Å². The Morgan fingerprint density at radius 2 is 1.50 bits per heavy atom. The first-order valence-electron chi connectivity index (χ1n) is 16.4. The normalized spacial score (nSPS) is 21.1.